The summed E-state index contributed by atoms with van der Waals surface area (Å²) in [6.45, 7) is 1.38. The molecule has 21 heavy (non-hydrogen) atoms. The fourth-order valence-electron chi connectivity index (χ4n) is 1.62. The maximum Gasteiger partial charge on any atom is 0.325 e. The first-order chi connectivity index (χ1) is 10.0. The van der Waals surface area contributed by atoms with E-state index in [1.165, 1.54) is 37.2 Å². The van der Waals surface area contributed by atoms with E-state index in [-0.39, 0.29) is 5.56 Å². The summed E-state index contributed by atoms with van der Waals surface area (Å²) in [6, 6.07) is 3.63. The van der Waals surface area contributed by atoms with Crippen molar-refractivity contribution < 1.29 is 19.4 Å². The maximum atomic E-state index is 12.0. The van der Waals surface area contributed by atoms with Crippen LogP contribution in [0.3, 0.4) is 0 Å². The quantitative estimate of drug-likeness (QED) is 0.787. The van der Waals surface area contributed by atoms with Crippen LogP contribution < -0.4 is 10.1 Å². The molecule has 0 radical (unpaired) electrons. The third-order valence-corrected chi connectivity index (χ3v) is 2.75. The lowest BCUT2D eigenvalue weighted by molar-refractivity contribution is -0.138. The number of aliphatic carboxylic acids is 1. The molecule has 2 rings (SSSR count). The number of carbonyl (C=O) groups excluding carboxylic acids is 1. The Labute approximate surface area is 119 Å². The number of methoxy groups -OCH3 is 1. The van der Waals surface area contributed by atoms with E-state index in [9.17, 15) is 9.59 Å². The molecule has 1 aromatic carbocycles. The van der Waals surface area contributed by atoms with E-state index in [1.807, 2.05) is 0 Å². The number of amides is 1. The fraction of sp³-hybridized carbons (Fsp3) is 0.250. The van der Waals surface area contributed by atoms with E-state index >= 15 is 0 Å². The Hall–Kier alpha value is -2.97. The summed E-state index contributed by atoms with van der Waals surface area (Å²) in [5.74, 6) is -1.15. The normalized spacial score (nSPS) is 11.7. The van der Waals surface area contributed by atoms with Crippen molar-refractivity contribution in [3.63, 3.8) is 0 Å². The Morgan fingerprint density at radius 1 is 1.43 bits per heavy atom. The number of carbonyl (C=O) groups is 2. The smallest absolute Gasteiger partial charge is 0.325 e. The van der Waals surface area contributed by atoms with Gasteiger partial charge >= 0.3 is 5.97 Å². The van der Waals surface area contributed by atoms with Gasteiger partial charge in [-0.3, -0.25) is 9.59 Å². The van der Waals surface area contributed by atoms with Crippen LogP contribution in [0, 0.1) is 0 Å². The summed E-state index contributed by atoms with van der Waals surface area (Å²) in [7, 11) is 1.48. The molecule has 2 aromatic rings. The topological polar surface area (TPSA) is 119 Å². The number of aromatic nitrogens is 4. The van der Waals surface area contributed by atoms with Crippen molar-refractivity contribution in [2.45, 2.75) is 13.0 Å². The third-order valence-electron chi connectivity index (χ3n) is 2.75. The number of benzene rings is 1. The van der Waals surface area contributed by atoms with Gasteiger partial charge in [0.15, 0.2) is 0 Å². The number of nitrogens with zero attached hydrogens (tertiary/aromatic N) is 4. The largest absolute Gasteiger partial charge is 0.494 e. The van der Waals surface area contributed by atoms with Gasteiger partial charge in [-0.05, 0) is 35.5 Å². The Bertz CT molecular complexity index is 656. The molecule has 110 valence electrons. The molecule has 0 saturated heterocycles. The predicted octanol–water partition coefficient (Wildman–Crippen LogP) is -0.126. The highest BCUT2D eigenvalue weighted by Crippen LogP contribution is 2.23. The van der Waals surface area contributed by atoms with Gasteiger partial charge in [-0.1, -0.05) is 0 Å². The molecule has 1 aromatic heterocycles. The molecule has 1 atom stereocenters. The van der Waals surface area contributed by atoms with Crippen LogP contribution in [0.1, 0.15) is 17.3 Å². The second-order valence-corrected chi connectivity index (χ2v) is 4.17. The van der Waals surface area contributed by atoms with Gasteiger partial charge in [0.2, 0.25) is 0 Å². The highest BCUT2D eigenvalue weighted by Gasteiger charge is 2.17. The van der Waals surface area contributed by atoms with Crippen molar-refractivity contribution >= 4 is 11.9 Å². The van der Waals surface area contributed by atoms with Crippen LogP contribution in [0.5, 0.6) is 5.75 Å². The molecule has 1 heterocycles. The lowest BCUT2D eigenvalue weighted by atomic mass is 10.1. The summed E-state index contributed by atoms with van der Waals surface area (Å²) in [4.78, 5) is 22.8. The average molecular weight is 291 g/mol. The van der Waals surface area contributed by atoms with Crippen LogP contribution >= 0.6 is 0 Å². The van der Waals surface area contributed by atoms with Crippen LogP contribution in [-0.2, 0) is 4.79 Å². The van der Waals surface area contributed by atoms with Crippen LogP contribution in [0.4, 0.5) is 0 Å². The first-order valence-corrected chi connectivity index (χ1v) is 5.98. The molecule has 2 N–H and O–H groups in total. The van der Waals surface area contributed by atoms with E-state index < -0.39 is 17.9 Å². The van der Waals surface area contributed by atoms with Gasteiger partial charge in [0.05, 0.1) is 7.11 Å². The second-order valence-electron chi connectivity index (χ2n) is 4.17. The van der Waals surface area contributed by atoms with Crippen LogP contribution in [-0.4, -0.2) is 50.3 Å². The maximum absolute atomic E-state index is 12.0. The SMILES string of the molecule is COc1ccc(C(=O)N[C@H](C)C(=O)O)cc1-n1cnnn1. The molecule has 9 heteroatoms. The molecule has 0 fully saturated rings. The number of hydrogen-bond acceptors (Lipinski definition) is 6. The Kier molecular flexibility index (Phi) is 4.12. The van der Waals surface area contributed by atoms with Gasteiger partial charge in [-0.2, -0.15) is 4.68 Å². The Balaban J connectivity index is 2.32. The molecule has 0 bridgehead atoms. The van der Waals surface area contributed by atoms with Crippen LogP contribution in [0.25, 0.3) is 5.69 Å². The van der Waals surface area contributed by atoms with Crippen molar-refractivity contribution in [2.24, 2.45) is 0 Å². The molecule has 1 amide bonds. The van der Waals surface area contributed by atoms with Crippen molar-refractivity contribution in [2.75, 3.05) is 7.11 Å². The second kappa shape index (κ2) is 5.99. The summed E-state index contributed by atoms with van der Waals surface area (Å²) in [5, 5.41) is 21.9. The number of tetrazole rings is 1. The van der Waals surface area contributed by atoms with E-state index in [0.717, 1.165) is 0 Å². The van der Waals surface area contributed by atoms with Gasteiger partial charge in [0.25, 0.3) is 5.91 Å². The van der Waals surface area contributed by atoms with E-state index in [4.69, 9.17) is 9.84 Å². The number of carboxylic acid groups (broad SMARTS) is 1. The van der Waals surface area contributed by atoms with Gasteiger partial charge in [-0.15, -0.1) is 5.10 Å². The minimum Gasteiger partial charge on any atom is -0.494 e. The Morgan fingerprint density at radius 2 is 2.19 bits per heavy atom. The fourth-order valence-corrected chi connectivity index (χ4v) is 1.62. The zero-order valence-corrected chi connectivity index (χ0v) is 11.3. The van der Waals surface area contributed by atoms with Crippen molar-refractivity contribution in [3.05, 3.63) is 30.1 Å². The van der Waals surface area contributed by atoms with Gasteiger partial charge in [-0.25, -0.2) is 0 Å². The molecular formula is C12H13N5O4. The molecular weight excluding hydrogens is 278 g/mol. The van der Waals surface area contributed by atoms with E-state index in [0.29, 0.717) is 11.4 Å². The van der Waals surface area contributed by atoms with Gasteiger partial charge in [0, 0.05) is 5.56 Å². The Morgan fingerprint density at radius 3 is 2.76 bits per heavy atom. The number of carboxylic acids is 1. The molecule has 0 aliphatic rings. The number of ether oxygens (including phenoxy) is 1. The van der Waals surface area contributed by atoms with E-state index in [2.05, 4.69) is 20.8 Å². The molecule has 9 nitrogen and oxygen atoms in total. The molecule has 0 aliphatic carbocycles. The van der Waals surface area contributed by atoms with Crippen LogP contribution in [0.2, 0.25) is 0 Å². The molecule has 0 saturated carbocycles. The zero-order chi connectivity index (χ0) is 15.4. The highest BCUT2D eigenvalue weighted by atomic mass is 16.5. The highest BCUT2D eigenvalue weighted by molar-refractivity contribution is 5.97. The molecule has 0 aliphatic heterocycles. The van der Waals surface area contributed by atoms with E-state index in [1.54, 1.807) is 6.07 Å². The average Bonchev–Trinajstić information content (AvgIpc) is 3.00. The monoisotopic (exact) mass is 291 g/mol. The first-order valence-electron chi connectivity index (χ1n) is 5.98. The zero-order valence-electron chi connectivity index (χ0n) is 11.3. The summed E-state index contributed by atoms with van der Waals surface area (Å²) in [6.07, 6.45) is 1.36. The number of nitrogens with one attached hydrogen (secondary N) is 1. The van der Waals surface area contributed by atoms with Gasteiger partial charge < -0.3 is 15.2 Å². The van der Waals surface area contributed by atoms with Crippen molar-refractivity contribution in [1.29, 1.82) is 0 Å². The minimum absolute atomic E-state index is 0.273. The molecule has 0 spiro atoms. The van der Waals surface area contributed by atoms with Crippen molar-refractivity contribution in [1.82, 2.24) is 25.5 Å². The van der Waals surface area contributed by atoms with Crippen molar-refractivity contribution in [3.8, 4) is 11.4 Å². The lowest BCUT2D eigenvalue weighted by Gasteiger charge is -2.12. The lowest BCUT2D eigenvalue weighted by Crippen LogP contribution is -2.38. The third kappa shape index (κ3) is 3.14. The summed E-state index contributed by atoms with van der Waals surface area (Å²) < 4.78 is 6.52. The first kappa shape index (κ1) is 14.4. The van der Waals surface area contributed by atoms with Gasteiger partial charge in [0.1, 0.15) is 23.8 Å². The standard InChI is InChI=1S/C12H13N5O4/c1-7(12(19)20)14-11(18)8-3-4-10(21-2)9(5-8)17-6-13-15-16-17/h3-7H,1-2H3,(H,14,18)(H,19,20)/t7-/m1/s1. The predicted molar refractivity (Wildman–Crippen MR) is 70.3 cm³/mol. The molecule has 0 unspecified atom stereocenters. The minimum atomic E-state index is -1.11. The summed E-state index contributed by atoms with van der Waals surface area (Å²) in [5.41, 5.74) is 0.743. The van der Waals surface area contributed by atoms with Crippen LogP contribution in [0.15, 0.2) is 24.5 Å². The number of rotatable bonds is 5. The number of hydrogen-bond donors (Lipinski definition) is 2. The summed E-state index contributed by atoms with van der Waals surface area (Å²) >= 11 is 0.